The summed E-state index contributed by atoms with van der Waals surface area (Å²) in [5, 5.41) is 12.5. The van der Waals surface area contributed by atoms with Gasteiger partial charge in [0.05, 0.1) is 6.21 Å². The van der Waals surface area contributed by atoms with Crippen LogP contribution in [0.1, 0.15) is 16.3 Å². The molecular formula is C16H14ClN5O3S. The van der Waals surface area contributed by atoms with Gasteiger partial charge < -0.3 is 15.0 Å². The molecule has 0 aliphatic heterocycles. The topological polar surface area (TPSA) is 116 Å². The molecule has 0 saturated carbocycles. The molecule has 2 heterocycles. The number of benzene rings is 1. The van der Waals surface area contributed by atoms with Crippen LogP contribution in [-0.4, -0.2) is 22.4 Å². The van der Waals surface area contributed by atoms with Gasteiger partial charge in [0.2, 0.25) is 5.13 Å². The van der Waals surface area contributed by atoms with Crippen molar-refractivity contribution in [3.8, 4) is 11.3 Å². The summed E-state index contributed by atoms with van der Waals surface area (Å²) in [6.45, 7) is 1.93. The molecule has 26 heavy (non-hydrogen) atoms. The van der Waals surface area contributed by atoms with Gasteiger partial charge in [-0.05, 0) is 30.7 Å². The van der Waals surface area contributed by atoms with Crippen LogP contribution in [0, 0.1) is 6.92 Å². The van der Waals surface area contributed by atoms with Crippen LogP contribution in [0.25, 0.3) is 11.3 Å². The summed E-state index contributed by atoms with van der Waals surface area (Å²) in [6, 6.07) is 9.20. The minimum absolute atomic E-state index is 0.0452. The van der Waals surface area contributed by atoms with Crippen molar-refractivity contribution >= 4 is 40.3 Å². The van der Waals surface area contributed by atoms with Crippen LogP contribution in [0.5, 0.6) is 0 Å². The van der Waals surface area contributed by atoms with Gasteiger partial charge >= 0.3 is 5.97 Å². The second-order valence-corrected chi connectivity index (χ2v) is 6.70. The zero-order chi connectivity index (χ0) is 18.5. The lowest BCUT2D eigenvalue weighted by molar-refractivity contribution is -0.150. The molecule has 3 N–H and O–H groups in total. The molecule has 134 valence electrons. The molecule has 3 aromatic rings. The first-order valence-electron chi connectivity index (χ1n) is 7.43. The standard InChI is InChI=1S/C16H14ClN5O3S/c1-9-2-3-10(6-12(9)17)13-5-4-11(24-13)8-19-22-25-15(23)7-14-20-21-16(18)26-14/h2-6,8,22H,7H2,1H3,(H2,18,21)/b19-8-. The lowest BCUT2D eigenvalue weighted by Crippen LogP contribution is -2.16. The van der Waals surface area contributed by atoms with Crippen LogP contribution in [0.15, 0.2) is 39.9 Å². The van der Waals surface area contributed by atoms with Crippen molar-refractivity contribution in [1.29, 1.82) is 0 Å². The van der Waals surface area contributed by atoms with E-state index in [0.717, 1.165) is 22.5 Å². The van der Waals surface area contributed by atoms with Gasteiger partial charge in [0.1, 0.15) is 22.9 Å². The first-order valence-corrected chi connectivity index (χ1v) is 8.62. The number of hydrogen-bond donors (Lipinski definition) is 2. The Morgan fingerprint density at radius 3 is 3.00 bits per heavy atom. The summed E-state index contributed by atoms with van der Waals surface area (Å²) in [5.74, 6) is 0.573. The molecule has 8 nitrogen and oxygen atoms in total. The fourth-order valence-electron chi connectivity index (χ4n) is 1.99. The molecule has 0 saturated heterocycles. The number of nitrogen functional groups attached to an aromatic ring is 1. The first kappa shape index (κ1) is 17.9. The Labute approximate surface area is 157 Å². The zero-order valence-corrected chi connectivity index (χ0v) is 15.2. The second-order valence-electron chi connectivity index (χ2n) is 5.20. The monoisotopic (exact) mass is 391 g/mol. The molecule has 0 amide bonds. The number of nitrogens with two attached hydrogens (primary N) is 1. The molecule has 0 aliphatic carbocycles. The minimum atomic E-state index is -0.562. The first-order chi connectivity index (χ1) is 12.5. The average Bonchev–Trinajstić information content (AvgIpc) is 3.23. The summed E-state index contributed by atoms with van der Waals surface area (Å²) in [5.41, 5.74) is 9.48. The number of nitrogens with one attached hydrogen (secondary N) is 1. The van der Waals surface area contributed by atoms with Crippen molar-refractivity contribution in [3.05, 3.63) is 51.7 Å². The molecule has 0 atom stereocenters. The van der Waals surface area contributed by atoms with Gasteiger partial charge in [-0.3, -0.25) is 0 Å². The Bertz CT molecular complexity index is 953. The molecule has 1 aromatic carbocycles. The Morgan fingerprint density at radius 1 is 1.42 bits per heavy atom. The fraction of sp³-hybridized carbons (Fsp3) is 0.125. The minimum Gasteiger partial charge on any atom is -0.455 e. The lowest BCUT2D eigenvalue weighted by Gasteiger charge is -2.01. The molecular weight excluding hydrogens is 378 g/mol. The Morgan fingerprint density at radius 2 is 2.27 bits per heavy atom. The van der Waals surface area contributed by atoms with E-state index in [0.29, 0.717) is 26.7 Å². The molecule has 3 rings (SSSR count). The van der Waals surface area contributed by atoms with Crippen molar-refractivity contribution in [1.82, 2.24) is 15.8 Å². The molecule has 0 radical (unpaired) electrons. The van der Waals surface area contributed by atoms with Gasteiger partial charge in [-0.1, -0.05) is 35.1 Å². The van der Waals surface area contributed by atoms with E-state index in [1.165, 1.54) is 6.21 Å². The van der Waals surface area contributed by atoms with E-state index in [1.807, 2.05) is 25.1 Å². The van der Waals surface area contributed by atoms with Crippen molar-refractivity contribution < 1.29 is 14.0 Å². The number of hydrazone groups is 1. The number of carbonyl (C=O) groups excluding carboxylic acids is 1. The number of furan rings is 1. The van der Waals surface area contributed by atoms with Gasteiger partial charge in [0.25, 0.3) is 0 Å². The van der Waals surface area contributed by atoms with Gasteiger partial charge in [-0.15, -0.1) is 20.9 Å². The summed E-state index contributed by atoms with van der Waals surface area (Å²) in [4.78, 5) is 16.3. The third-order valence-electron chi connectivity index (χ3n) is 3.27. The maximum Gasteiger partial charge on any atom is 0.341 e. The predicted octanol–water partition coefficient (Wildman–Crippen LogP) is 2.97. The summed E-state index contributed by atoms with van der Waals surface area (Å²) in [7, 11) is 0. The molecule has 2 aromatic heterocycles. The van der Waals surface area contributed by atoms with Gasteiger partial charge in [-0.25, -0.2) is 4.79 Å². The highest BCUT2D eigenvalue weighted by Crippen LogP contribution is 2.26. The van der Waals surface area contributed by atoms with Crippen molar-refractivity contribution in [2.24, 2.45) is 5.10 Å². The number of halogens is 1. The molecule has 0 bridgehead atoms. The number of aromatic nitrogens is 2. The normalized spacial score (nSPS) is 11.0. The lowest BCUT2D eigenvalue weighted by atomic mass is 10.1. The Kier molecular flexibility index (Phi) is 5.49. The summed E-state index contributed by atoms with van der Waals surface area (Å²) >= 11 is 7.24. The van der Waals surface area contributed by atoms with Gasteiger partial charge in [-0.2, -0.15) is 0 Å². The van der Waals surface area contributed by atoms with Gasteiger partial charge in [0, 0.05) is 10.6 Å². The van der Waals surface area contributed by atoms with Crippen molar-refractivity contribution in [3.63, 3.8) is 0 Å². The highest BCUT2D eigenvalue weighted by atomic mass is 35.5. The molecule has 10 heteroatoms. The number of aryl methyl sites for hydroxylation is 1. The van der Waals surface area contributed by atoms with E-state index >= 15 is 0 Å². The van der Waals surface area contributed by atoms with Crippen LogP contribution in [0.3, 0.4) is 0 Å². The Balaban J connectivity index is 1.52. The van der Waals surface area contributed by atoms with Crippen LogP contribution in [-0.2, 0) is 16.1 Å². The highest BCUT2D eigenvalue weighted by molar-refractivity contribution is 7.15. The number of hydrogen-bond acceptors (Lipinski definition) is 9. The molecule has 0 unspecified atom stereocenters. The molecule has 0 aliphatic rings. The predicted molar refractivity (Wildman–Crippen MR) is 98.7 cm³/mol. The second kappa shape index (κ2) is 7.98. The van der Waals surface area contributed by atoms with E-state index in [2.05, 4.69) is 20.9 Å². The SMILES string of the molecule is Cc1ccc(-c2ccc(/C=N\NOC(=O)Cc3nnc(N)s3)o2)cc1Cl. The molecule has 0 fully saturated rings. The van der Waals surface area contributed by atoms with Crippen molar-refractivity contribution in [2.75, 3.05) is 5.73 Å². The van der Waals surface area contributed by atoms with E-state index < -0.39 is 5.97 Å². The van der Waals surface area contributed by atoms with Crippen LogP contribution in [0.4, 0.5) is 5.13 Å². The van der Waals surface area contributed by atoms with E-state index in [9.17, 15) is 4.79 Å². The Hall–Kier alpha value is -2.91. The highest BCUT2D eigenvalue weighted by Gasteiger charge is 2.09. The molecule has 0 spiro atoms. The van der Waals surface area contributed by atoms with E-state index in [4.69, 9.17) is 26.6 Å². The third-order valence-corrected chi connectivity index (χ3v) is 4.42. The largest absolute Gasteiger partial charge is 0.455 e. The van der Waals surface area contributed by atoms with E-state index in [-0.39, 0.29) is 6.42 Å². The van der Waals surface area contributed by atoms with Crippen LogP contribution >= 0.6 is 22.9 Å². The number of nitrogens with zero attached hydrogens (tertiary/aromatic N) is 3. The van der Waals surface area contributed by atoms with Crippen molar-refractivity contribution in [2.45, 2.75) is 13.3 Å². The van der Waals surface area contributed by atoms with E-state index in [1.54, 1.807) is 12.1 Å². The fourth-order valence-corrected chi connectivity index (χ4v) is 2.76. The zero-order valence-electron chi connectivity index (χ0n) is 13.6. The number of anilines is 1. The maximum absolute atomic E-state index is 11.6. The maximum atomic E-state index is 11.6. The number of rotatable bonds is 6. The van der Waals surface area contributed by atoms with Crippen LogP contribution in [0.2, 0.25) is 5.02 Å². The number of carbonyl (C=O) groups is 1. The van der Waals surface area contributed by atoms with Gasteiger partial charge in [0.15, 0.2) is 0 Å². The smallest absolute Gasteiger partial charge is 0.341 e. The summed E-state index contributed by atoms with van der Waals surface area (Å²) < 4.78 is 5.65. The summed E-state index contributed by atoms with van der Waals surface area (Å²) in [6.07, 6.45) is 1.34. The quantitative estimate of drug-likeness (QED) is 0.490. The third kappa shape index (κ3) is 4.58. The van der Waals surface area contributed by atoms with Crippen LogP contribution < -0.4 is 11.3 Å². The average molecular weight is 392 g/mol.